The second-order valence-corrected chi connectivity index (χ2v) is 25.5. The largest absolute Gasteiger partial charge is 0.456 e. The first-order chi connectivity index (χ1) is 47.5. The molecule has 8 bridgehead atoms. The number of unbranched alkanes of at least 4 members (excludes halogenated alkanes) is 12. The number of hydrogen-bond donors (Lipinski definition) is 0. The van der Waals surface area contributed by atoms with Crippen molar-refractivity contribution in [3.05, 3.63) is 211 Å². The lowest BCUT2D eigenvalue weighted by molar-refractivity contribution is 0.0973. The van der Waals surface area contributed by atoms with Crippen LogP contribution in [0, 0.1) is 47.4 Å². The molecule has 4 aliphatic heterocycles. The maximum Gasteiger partial charge on any atom is 0.231 e. The van der Waals surface area contributed by atoms with Gasteiger partial charge in [0.2, 0.25) is 27.2 Å². The van der Waals surface area contributed by atoms with Crippen LogP contribution in [-0.4, -0.2) is 47.1 Å². The zero-order valence-electron chi connectivity index (χ0n) is 55.9. The summed E-state index contributed by atoms with van der Waals surface area (Å²) in [4.78, 5) is 17.5. The van der Waals surface area contributed by atoms with Crippen molar-refractivity contribution in [3.8, 4) is 93.4 Å². The fourth-order valence-electron chi connectivity index (χ4n) is 14.4. The van der Waals surface area contributed by atoms with Gasteiger partial charge in [-0.1, -0.05) is 178 Å². The van der Waals surface area contributed by atoms with E-state index in [1.165, 1.54) is 0 Å². The first-order valence-corrected chi connectivity index (χ1v) is 35.1. The van der Waals surface area contributed by atoms with E-state index in [1.54, 1.807) is 49.6 Å². The molecule has 0 saturated carbocycles. The summed E-state index contributed by atoms with van der Waals surface area (Å²) in [6.45, 7) is 8.42. The Labute approximate surface area is 566 Å². The highest BCUT2D eigenvalue weighted by molar-refractivity contribution is 5.75. The van der Waals surface area contributed by atoms with E-state index in [2.05, 4.69) is 119 Å². The minimum Gasteiger partial charge on any atom is -0.456 e. The molecule has 5 aliphatic rings. The Morgan fingerprint density at radius 3 is 0.625 bits per heavy atom. The van der Waals surface area contributed by atoms with Crippen molar-refractivity contribution in [2.75, 3.05) is 27.2 Å². The molecule has 0 saturated heterocycles. The zero-order chi connectivity index (χ0) is 65.4. The maximum absolute atomic E-state index is 7.23. The van der Waals surface area contributed by atoms with Crippen molar-refractivity contribution in [2.45, 2.75) is 180 Å². The van der Waals surface area contributed by atoms with Gasteiger partial charge in [0.15, 0.2) is 0 Å². The Bertz CT molecular complexity index is 3640. The van der Waals surface area contributed by atoms with E-state index in [0.29, 0.717) is 68.2 Å². The predicted molar refractivity (Wildman–Crippen MR) is 374 cm³/mol. The van der Waals surface area contributed by atoms with Gasteiger partial charge in [-0.05, 0) is 98.5 Å². The lowest BCUT2D eigenvalue weighted by Gasteiger charge is -2.36. The van der Waals surface area contributed by atoms with Crippen LogP contribution in [0.1, 0.15) is 269 Å². The van der Waals surface area contributed by atoms with Crippen LogP contribution < -0.4 is 37.9 Å². The van der Waals surface area contributed by atoms with Crippen molar-refractivity contribution in [1.29, 1.82) is 0 Å². The molecule has 0 spiro atoms. The second kappa shape index (κ2) is 31.6. The van der Waals surface area contributed by atoms with E-state index in [4.69, 9.17) is 37.9 Å². The molecule has 8 heterocycles. The Balaban J connectivity index is 1.22. The molecule has 488 valence electrons. The molecule has 8 aromatic rings. The Morgan fingerprint density at radius 2 is 0.448 bits per heavy atom. The van der Waals surface area contributed by atoms with Gasteiger partial charge in [-0.25, -0.2) is 0 Å². The number of aromatic nitrogens is 4. The van der Waals surface area contributed by atoms with E-state index in [0.717, 1.165) is 195 Å². The highest BCUT2D eigenvalue weighted by atomic mass is 16.7. The summed E-state index contributed by atoms with van der Waals surface area (Å²) >= 11 is 0. The van der Waals surface area contributed by atoms with E-state index in [9.17, 15) is 0 Å². The molecule has 4 aromatic carbocycles. The number of ether oxygens (including phenoxy) is 8. The maximum atomic E-state index is 7.23. The van der Waals surface area contributed by atoms with Gasteiger partial charge in [0, 0.05) is 140 Å². The average molecular weight is 1280 g/mol. The van der Waals surface area contributed by atoms with Crippen molar-refractivity contribution in [2.24, 2.45) is 0 Å². The van der Waals surface area contributed by atoms with E-state index >= 15 is 0 Å². The minimum absolute atomic E-state index is 0.162. The quantitative estimate of drug-likeness (QED) is 0.0533. The predicted octanol–water partition coefficient (Wildman–Crippen LogP) is 18.5. The molecular weight excluding hydrogens is 1190 g/mol. The molecule has 0 radical (unpaired) electrons. The standard InChI is InChI=1S/C84H84N4O8/c1-5-9-13-17-21-61-69-49-71-62(22-18-14-10-6-2)73-51-75-64(24-20-16-12-8-4)76-52-74-63(23-19-15-11-7-3)72-50-70(61)78-66(30-26-58-35-43-86-44-36-58)80(72)92-55-94-82(74)68(32-28-60-39-47-88-48-40-60)84(76)96-56-95-83(75)67(31-27-59-37-45-87-46-38-59)81(73)93-54-91-79(71)65(77(69)89-53-90-78)29-25-57-33-41-85-42-34-57/h33-52,61-64H,5-24,53-56H2,1-4H3. The van der Waals surface area contributed by atoms with E-state index in [1.807, 2.05) is 48.5 Å². The van der Waals surface area contributed by atoms with Crippen molar-refractivity contribution in [1.82, 2.24) is 19.9 Å². The zero-order valence-corrected chi connectivity index (χ0v) is 55.9. The summed E-state index contributed by atoms with van der Waals surface area (Å²) in [6.07, 6.45) is 33.8. The molecule has 0 N–H and O–H groups in total. The van der Waals surface area contributed by atoms with Crippen LogP contribution in [0.5, 0.6) is 46.0 Å². The molecular formula is C84H84N4O8. The van der Waals surface area contributed by atoms with Crippen LogP contribution in [0.25, 0.3) is 0 Å². The van der Waals surface area contributed by atoms with Crippen LogP contribution in [0.15, 0.2) is 122 Å². The van der Waals surface area contributed by atoms with Gasteiger partial charge in [0.05, 0.1) is 0 Å². The van der Waals surface area contributed by atoms with Gasteiger partial charge in [-0.15, -0.1) is 0 Å². The summed E-state index contributed by atoms with van der Waals surface area (Å²) in [5, 5.41) is 0. The average Bonchev–Trinajstić information content (AvgIpc) is 0.727. The fourth-order valence-corrected chi connectivity index (χ4v) is 14.4. The molecule has 0 unspecified atom stereocenters. The van der Waals surface area contributed by atoms with E-state index < -0.39 is 0 Å². The smallest absolute Gasteiger partial charge is 0.231 e. The number of rotatable bonds is 20. The Kier molecular flexibility index (Phi) is 21.3. The molecule has 13 rings (SSSR count). The highest BCUT2D eigenvalue weighted by Crippen LogP contribution is 2.58. The van der Waals surface area contributed by atoms with Crippen LogP contribution >= 0.6 is 0 Å². The molecule has 96 heavy (non-hydrogen) atoms. The van der Waals surface area contributed by atoms with Gasteiger partial charge in [-0.3, -0.25) is 19.9 Å². The molecule has 1 aliphatic carbocycles. The number of pyridine rings is 4. The van der Waals surface area contributed by atoms with Crippen molar-refractivity contribution in [3.63, 3.8) is 0 Å². The molecule has 0 amide bonds. The van der Waals surface area contributed by atoms with Gasteiger partial charge in [0.1, 0.15) is 68.2 Å². The van der Waals surface area contributed by atoms with Crippen LogP contribution in [0.4, 0.5) is 0 Å². The fraction of sp³-hybridized carbons (Fsp3) is 0.381. The van der Waals surface area contributed by atoms with Crippen molar-refractivity contribution < 1.29 is 37.9 Å². The number of benzene rings is 4. The third-order valence-electron chi connectivity index (χ3n) is 19.2. The summed E-state index contributed by atoms with van der Waals surface area (Å²) in [7, 11) is 0. The lowest BCUT2D eigenvalue weighted by Crippen LogP contribution is -2.25. The monoisotopic (exact) mass is 1280 g/mol. The minimum atomic E-state index is -0.304. The summed E-state index contributed by atoms with van der Waals surface area (Å²) in [5.74, 6) is 32.8. The Morgan fingerprint density at radius 1 is 0.260 bits per heavy atom. The van der Waals surface area contributed by atoms with E-state index in [-0.39, 0.29) is 50.8 Å². The summed E-state index contributed by atoms with van der Waals surface area (Å²) < 4.78 is 57.8. The van der Waals surface area contributed by atoms with Gasteiger partial charge in [-0.2, -0.15) is 0 Å². The molecule has 0 atom stereocenters. The molecule has 12 nitrogen and oxygen atoms in total. The van der Waals surface area contributed by atoms with Gasteiger partial charge < -0.3 is 37.9 Å². The second-order valence-electron chi connectivity index (χ2n) is 25.5. The van der Waals surface area contributed by atoms with Gasteiger partial charge in [0.25, 0.3) is 0 Å². The van der Waals surface area contributed by atoms with Crippen molar-refractivity contribution >= 4 is 0 Å². The number of nitrogens with zero attached hydrogens (tertiary/aromatic N) is 4. The topological polar surface area (TPSA) is 125 Å². The third-order valence-corrected chi connectivity index (χ3v) is 19.2. The lowest BCUT2D eigenvalue weighted by atomic mass is 9.74. The highest BCUT2D eigenvalue weighted by Gasteiger charge is 2.41. The first-order valence-electron chi connectivity index (χ1n) is 35.1. The van der Waals surface area contributed by atoms with Crippen LogP contribution in [-0.2, 0) is 0 Å². The van der Waals surface area contributed by atoms with Crippen LogP contribution in [0.2, 0.25) is 0 Å². The van der Waals surface area contributed by atoms with Gasteiger partial charge >= 0.3 is 0 Å². The Hall–Kier alpha value is -9.88. The first kappa shape index (κ1) is 64.8. The molecule has 4 aromatic heterocycles. The SMILES string of the molecule is CCCCCCC1c2cc3c4c(C#Cc5ccncc5)c2OCOc2c1cc1c(c2C#Cc2ccncc2)OCOc2c(cc5c(c2C#Cc2ccncc2)OCOc2c(cc(c(c2C#Cc2ccncc2)OCO4)C3CCCCCC)C5CCCCCC)C1CCCCCC. The molecule has 0 fully saturated rings. The third kappa shape index (κ3) is 14.2. The molecule has 12 heteroatoms. The summed E-state index contributed by atoms with van der Waals surface area (Å²) in [5.41, 5.74) is 13.8. The van der Waals surface area contributed by atoms with Crippen LogP contribution in [0.3, 0.4) is 0 Å². The number of hydrogen-bond acceptors (Lipinski definition) is 12. The normalized spacial score (nSPS) is 16.3. The summed E-state index contributed by atoms with van der Waals surface area (Å²) in [6, 6.07) is 25.1.